The number of ether oxygens (including phenoxy) is 4. The predicted molar refractivity (Wildman–Crippen MR) is 260 cm³/mol. The quantitative estimate of drug-likeness (QED) is 0.0954. The molecule has 0 saturated heterocycles. The van der Waals surface area contributed by atoms with Crippen LogP contribution in [0.3, 0.4) is 0 Å². The van der Waals surface area contributed by atoms with Crippen LogP contribution in [0.1, 0.15) is 90.3 Å². The Morgan fingerprint density at radius 2 is 1.28 bits per heavy atom. The number of aromatic nitrogens is 10. The van der Waals surface area contributed by atoms with Crippen LogP contribution in [0.5, 0.6) is 17.6 Å². The number of imidazole rings is 2. The number of fused-ring (bicyclic) bond motifs is 2. The zero-order valence-corrected chi connectivity index (χ0v) is 42.4. The maximum atomic E-state index is 13.1. The molecular formula is C51H51ClF6N12O5. The smallest absolute Gasteiger partial charge is 0.434 e. The zero-order chi connectivity index (χ0) is 53.4. The number of rotatable bonds is 11. The van der Waals surface area contributed by atoms with Crippen LogP contribution in [0.25, 0.3) is 34.2 Å². The van der Waals surface area contributed by atoms with Gasteiger partial charge in [0.25, 0.3) is 0 Å². The van der Waals surface area contributed by atoms with Gasteiger partial charge in [0.1, 0.15) is 42.4 Å². The summed E-state index contributed by atoms with van der Waals surface area (Å²) in [6, 6.07) is 13.9. The first-order chi connectivity index (χ1) is 35.6. The van der Waals surface area contributed by atoms with Gasteiger partial charge in [0.2, 0.25) is 22.9 Å². The minimum absolute atomic E-state index is 0.0417. The molecule has 3 aliphatic rings. The minimum atomic E-state index is -4.51. The summed E-state index contributed by atoms with van der Waals surface area (Å²) in [6.45, 7) is 7.78. The molecule has 1 saturated carbocycles. The minimum Gasteiger partial charge on any atom is -0.480 e. The second-order valence-electron chi connectivity index (χ2n) is 19.1. The molecule has 1 fully saturated rings. The van der Waals surface area contributed by atoms with Gasteiger partial charge in [-0.15, -0.1) is 0 Å². The Morgan fingerprint density at radius 1 is 0.720 bits per heavy atom. The highest BCUT2D eigenvalue weighted by molar-refractivity contribution is 6.28. The Labute approximate surface area is 431 Å². The number of carbonyl (C=O) groups is 1. The summed E-state index contributed by atoms with van der Waals surface area (Å²) in [7, 11) is 4.62. The lowest BCUT2D eigenvalue weighted by atomic mass is 10.1. The molecule has 5 aromatic heterocycles. The lowest BCUT2D eigenvalue weighted by Gasteiger charge is -2.31. The number of halogens is 7. The SMILES string of the molecule is COc1ncnc(C2CC2)c1-c1nc2c(c(OCc3ccc(-c4nc(C(F)(F)F)cn4C)cc3)n1)CNCC2.Cn1cc(C(F)(F)F)nc1-c1ccc(COc2nc(Cl)nc3c2CN(C(=O)OC(C)(C)C)CC3)cc1. The molecular weight excluding hydrogens is 1010 g/mol. The molecule has 1 aliphatic carbocycles. The summed E-state index contributed by atoms with van der Waals surface area (Å²) in [6.07, 6.45) is -2.69. The van der Waals surface area contributed by atoms with Crippen LogP contribution in [0.4, 0.5) is 31.1 Å². The topological polar surface area (TPSA) is 182 Å². The van der Waals surface area contributed by atoms with E-state index in [1.807, 2.05) is 12.1 Å². The van der Waals surface area contributed by atoms with Gasteiger partial charge in [0.15, 0.2) is 17.2 Å². The lowest BCUT2D eigenvalue weighted by molar-refractivity contribution is -0.141. The van der Waals surface area contributed by atoms with Crippen LogP contribution in [-0.4, -0.2) is 85.8 Å². The maximum Gasteiger partial charge on any atom is 0.434 e. The van der Waals surface area contributed by atoms with Crippen molar-refractivity contribution in [2.24, 2.45) is 14.1 Å². The fraction of sp³-hybridized carbons (Fsp3) is 0.392. The van der Waals surface area contributed by atoms with Gasteiger partial charge in [-0.25, -0.2) is 34.7 Å². The molecule has 17 nitrogen and oxygen atoms in total. The van der Waals surface area contributed by atoms with Crippen molar-refractivity contribution < 1.29 is 50.1 Å². The van der Waals surface area contributed by atoms with E-state index in [-0.39, 0.29) is 42.6 Å². The Kier molecular flexibility index (Phi) is 14.7. The molecule has 10 rings (SSSR count). The number of methoxy groups -OCH3 is 1. The van der Waals surface area contributed by atoms with Crippen LogP contribution in [0.2, 0.25) is 5.28 Å². The van der Waals surface area contributed by atoms with E-state index in [1.54, 1.807) is 76.2 Å². The average Bonchev–Trinajstić information content (AvgIpc) is 4.03. The van der Waals surface area contributed by atoms with Crippen molar-refractivity contribution in [1.29, 1.82) is 0 Å². The van der Waals surface area contributed by atoms with Crippen molar-refractivity contribution in [2.75, 3.05) is 20.2 Å². The Morgan fingerprint density at radius 3 is 1.80 bits per heavy atom. The summed E-state index contributed by atoms with van der Waals surface area (Å²) in [5, 5.41) is 3.39. The second-order valence-corrected chi connectivity index (χ2v) is 19.4. The molecule has 0 unspecified atom stereocenters. The van der Waals surface area contributed by atoms with Gasteiger partial charge in [0.05, 0.1) is 36.3 Å². The summed E-state index contributed by atoms with van der Waals surface area (Å²) >= 11 is 6.09. The molecule has 2 aliphatic heterocycles. The molecule has 0 bridgehead atoms. The largest absolute Gasteiger partial charge is 0.480 e. The first kappa shape index (κ1) is 52.5. The van der Waals surface area contributed by atoms with Gasteiger partial charge in [-0.2, -0.15) is 36.3 Å². The van der Waals surface area contributed by atoms with E-state index in [2.05, 4.69) is 35.2 Å². The summed E-state index contributed by atoms with van der Waals surface area (Å²) in [4.78, 5) is 48.5. The fourth-order valence-electron chi connectivity index (χ4n) is 8.46. The average molecular weight is 1060 g/mol. The van der Waals surface area contributed by atoms with Gasteiger partial charge in [-0.3, -0.25) is 0 Å². The third-order valence-corrected chi connectivity index (χ3v) is 12.4. The molecule has 75 heavy (non-hydrogen) atoms. The van der Waals surface area contributed by atoms with Crippen LogP contribution >= 0.6 is 11.6 Å². The van der Waals surface area contributed by atoms with E-state index in [1.165, 1.54) is 22.5 Å². The second kappa shape index (κ2) is 21.1. The van der Waals surface area contributed by atoms with Crippen molar-refractivity contribution in [2.45, 2.75) is 96.6 Å². The Hall–Kier alpha value is -7.40. The van der Waals surface area contributed by atoms with Crippen LogP contribution in [-0.2, 0) is 70.3 Å². The molecule has 1 N–H and O–H groups in total. The molecule has 0 spiro atoms. The molecule has 0 radical (unpaired) electrons. The third-order valence-electron chi connectivity index (χ3n) is 12.3. The molecule has 24 heteroatoms. The molecule has 394 valence electrons. The zero-order valence-electron chi connectivity index (χ0n) is 41.6. The van der Waals surface area contributed by atoms with Gasteiger partial charge < -0.3 is 38.3 Å². The van der Waals surface area contributed by atoms with Crippen molar-refractivity contribution >= 4 is 17.7 Å². The molecule has 0 atom stereocenters. The van der Waals surface area contributed by atoms with Gasteiger partial charge in [-0.05, 0) is 56.3 Å². The number of nitrogens with zero attached hydrogens (tertiary/aromatic N) is 11. The van der Waals surface area contributed by atoms with E-state index >= 15 is 0 Å². The van der Waals surface area contributed by atoms with E-state index < -0.39 is 35.4 Å². The number of aryl methyl sites for hydroxylation is 2. The maximum absolute atomic E-state index is 13.1. The summed E-state index contributed by atoms with van der Waals surface area (Å²) in [5.74, 6) is 2.43. The standard InChI is InChI=1S/C27H26F3N7O2.C24H25ClF3N5O3/c1-37-12-20(27(28,29)30)35-24(37)17-5-3-15(4-6-17)13-39-25-18-11-31-10-9-19(18)34-23(36-25)21-22(16-7-8-16)32-14-33-26(21)38-2;1-23(2,3)36-22(34)33-10-9-17-16(11-33)20(31-21(25)29-17)35-13-14-5-7-15(8-6-14)19-30-18(12-32(19)4)24(26,27)28/h3-6,12,14,16,31H,7-11,13H2,1-2H3;5-8,12H,9-11,13H2,1-4H3. The van der Waals surface area contributed by atoms with E-state index in [0.717, 1.165) is 66.3 Å². The first-order valence-electron chi connectivity index (χ1n) is 23.8. The summed E-state index contributed by atoms with van der Waals surface area (Å²) < 4.78 is 104. The monoisotopic (exact) mass is 1060 g/mol. The van der Waals surface area contributed by atoms with Crippen LogP contribution in [0, 0.1) is 0 Å². The van der Waals surface area contributed by atoms with Crippen molar-refractivity contribution in [3.8, 4) is 51.8 Å². The first-order valence-corrected chi connectivity index (χ1v) is 24.2. The number of hydrogen-bond acceptors (Lipinski definition) is 14. The Balaban J connectivity index is 0.000000184. The lowest BCUT2D eigenvalue weighted by Crippen LogP contribution is -2.40. The van der Waals surface area contributed by atoms with Crippen molar-refractivity contribution in [3.05, 3.63) is 123 Å². The van der Waals surface area contributed by atoms with E-state index in [0.29, 0.717) is 71.0 Å². The van der Waals surface area contributed by atoms with Gasteiger partial charge >= 0.3 is 18.4 Å². The number of benzene rings is 2. The van der Waals surface area contributed by atoms with Gasteiger partial charge in [0, 0.05) is 81.6 Å². The van der Waals surface area contributed by atoms with Gasteiger partial charge in [-0.1, -0.05) is 48.5 Å². The van der Waals surface area contributed by atoms with Crippen LogP contribution < -0.4 is 19.5 Å². The normalized spacial score (nSPS) is 14.6. The number of nitrogens with one attached hydrogen (secondary N) is 1. The molecule has 7 aromatic rings. The van der Waals surface area contributed by atoms with Crippen molar-refractivity contribution in [1.82, 2.24) is 59.2 Å². The highest BCUT2D eigenvalue weighted by Gasteiger charge is 2.37. The highest BCUT2D eigenvalue weighted by Crippen LogP contribution is 2.45. The fourth-order valence-corrected chi connectivity index (χ4v) is 8.64. The third kappa shape index (κ3) is 12.3. The van der Waals surface area contributed by atoms with Crippen molar-refractivity contribution in [3.63, 3.8) is 0 Å². The number of carbonyl (C=O) groups excluding carboxylic acids is 1. The molecule has 2 aromatic carbocycles. The van der Waals surface area contributed by atoms with Crippen LogP contribution in [0.15, 0.2) is 67.3 Å². The summed E-state index contributed by atoms with van der Waals surface area (Å²) in [5.41, 5.74) is 4.97. The molecule has 7 heterocycles. The predicted octanol–water partition coefficient (Wildman–Crippen LogP) is 9.89. The van der Waals surface area contributed by atoms with E-state index in [4.69, 9.17) is 40.5 Å². The number of alkyl halides is 6. The molecule has 1 amide bonds. The van der Waals surface area contributed by atoms with E-state index in [9.17, 15) is 31.1 Å². The number of amides is 1. The Bertz CT molecular complexity index is 3210. The highest BCUT2D eigenvalue weighted by atomic mass is 35.5. The number of hydrogen-bond donors (Lipinski definition) is 1.